The van der Waals surface area contributed by atoms with Crippen molar-refractivity contribution in [2.75, 3.05) is 18.5 Å². The predicted molar refractivity (Wildman–Crippen MR) is 158 cm³/mol. The van der Waals surface area contributed by atoms with Crippen LogP contribution in [0.4, 0.5) is 0 Å². The van der Waals surface area contributed by atoms with Crippen LogP contribution in [0.5, 0.6) is 0 Å². The standard InChI is InChI=1S/C31H56O6P.Rh/c1-4-7-10-13-16-19-22-38(23-20-17-14-11-8-5-2,24-21-18-15-12-9-6-3)37-31(36)30(35)25-29(34)28(26-32)27-33;/h26-28H,4-25H2,1-3H3;/q+1;. The van der Waals surface area contributed by atoms with Gasteiger partial charge >= 0.3 is 5.97 Å². The molecule has 0 aromatic rings. The van der Waals surface area contributed by atoms with Crippen molar-refractivity contribution in [3.8, 4) is 0 Å². The summed E-state index contributed by atoms with van der Waals surface area (Å²) in [5.41, 5.74) is 0. The minimum atomic E-state index is -2.17. The quantitative estimate of drug-likeness (QED) is 0.0211. The van der Waals surface area contributed by atoms with Gasteiger partial charge in [0.2, 0.25) is 0 Å². The zero-order valence-electron chi connectivity index (χ0n) is 25.0. The third-order valence-electron chi connectivity index (χ3n) is 7.26. The van der Waals surface area contributed by atoms with Gasteiger partial charge < -0.3 is 14.1 Å². The first-order valence-corrected chi connectivity index (χ1v) is 17.7. The van der Waals surface area contributed by atoms with Crippen LogP contribution in [-0.4, -0.2) is 48.6 Å². The van der Waals surface area contributed by atoms with Gasteiger partial charge in [-0.1, -0.05) is 97.8 Å². The molecule has 0 fully saturated rings. The van der Waals surface area contributed by atoms with Crippen LogP contribution in [0.3, 0.4) is 0 Å². The third-order valence-corrected chi connectivity index (χ3v) is 11.2. The zero-order chi connectivity index (χ0) is 28.5. The first-order chi connectivity index (χ1) is 18.4. The number of carbonyl (C=O) groups excluding carboxylic acids is 5. The average molecular weight is 659 g/mol. The number of ketones is 2. The molecule has 0 amide bonds. The second-order valence-corrected chi connectivity index (χ2v) is 14.4. The Balaban J connectivity index is 0. The topological polar surface area (TPSA) is 94.6 Å². The molecule has 0 unspecified atom stereocenters. The molecule has 0 aliphatic carbocycles. The minimum absolute atomic E-state index is 0. The van der Waals surface area contributed by atoms with Gasteiger partial charge in [0.1, 0.15) is 18.5 Å². The largest absolute Gasteiger partial charge is 0.416 e. The third kappa shape index (κ3) is 20.7. The van der Waals surface area contributed by atoms with Crippen LogP contribution < -0.4 is 0 Å². The summed E-state index contributed by atoms with van der Waals surface area (Å²) < 4.78 is 6.12. The molecule has 0 aliphatic heterocycles. The van der Waals surface area contributed by atoms with Gasteiger partial charge in [0.25, 0.3) is 5.78 Å². The second-order valence-electron chi connectivity index (χ2n) is 10.8. The summed E-state index contributed by atoms with van der Waals surface area (Å²) in [4.78, 5) is 59.5. The van der Waals surface area contributed by atoms with Crippen molar-refractivity contribution in [3.05, 3.63) is 0 Å². The van der Waals surface area contributed by atoms with Gasteiger partial charge in [-0.2, -0.15) is 0 Å². The molecule has 0 aromatic carbocycles. The smallest absolute Gasteiger partial charge is 0.305 e. The first kappa shape index (κ1) is 40.3. The molecular formula is C31H56O6PRh+. The summed E-state index contributed by atoms with van der Waals surface area (Å²) in [5.74, 6) is -4.24. The van der Waals surface area contributed by atoms with Gasteiger partial charge in [-0.3, -0.25) is 9.59 Å². The van der Waals surface area contributed by atoms with E-state index in [1.165, 1.54) is 77.0 Å². The fraction of sp³-hybridized carbons (Fsp3) is 0.839. The Kier molecular flexibility index (Phi) is 28.3. The van der Waals surface area contributed by atoms with Crippen LogP contribution in [0, 0.1) is 5.92 Å². The van der Waals surface area contributed by atoms with Crippen LogP contribution >= 0.6 is 7.49 Å². The average Bonchev–Trinajstić information content (AvgIpc) is 2.90. The SMILES string of the molecule is CCCCCCCC[P+](CCCCCCCC)(CCCCCCCC)OC(=O)C(=O)CC(=O)C(C=O)C=O.[Rh]. The summed E-state index contributed by atoms with van der Waals surface area (Å²) >= 11 is 0. The van der Waals surface area contributed by atoms with E-state index in [4.69, 9.17) is 4.52 Å². The Morgan fingerprint density at radius 2 is 0.923 bits per heavy atom. The minimum Gasteiger partial charge on any atom is -0.305 e. The van der Waals surface area contributed by atoms with Crippen LogP contribution in [0.2, 0.25) is 0 Å². The summed E-state index contributed by atoms with van der Waals surface area (Å²) in [6.07, 6.45) is 22.8. The van der Waals surface area contributed by atoms with E-state index in [0.717, 1.165) is 57.0 Å². The normalized spacial score (nSPS) is 11.2. The number of rotatable bonds is 28. The van der Waals surface area contributed by atoms with Gasteiger partial charge in [0, 0.05) is 19.5 Å². The fourth-order valence-electron chi connectivity index (χ4n) is 4.77. The maximum absolute atomic E-state index is 12.9. The van der Waals surface area contributed by atoms with Crippen molar-refractivity contribution in [1.29, 1.82) is 0 Å². The second kappa shape index (κ2) is 27.4. The molecule has 0 aromatic heterocycles. The van der Waals surface area contributed by atoms with E-state index in [1.807, 2.05) is 0 Å². The van der Waals surface area contributed by atoms with Gasteiger partial charge in [-0.05, 0) is 38.5 Å². The van der Waals surface area contributed by atoms with Crippen molar-refractivity contribution < 1.29 is 48.0 Å². The van der Waals surface area contributed by atoms with Crippen molar-refractivity contribution in [1.82, 2.24) is 0 Å². The molecular weight excluding hydrogens is 602 g/mol. The Morgan fingerprint density at radius 3 is 1.26 bits per heavy atom. The fourth-order valence-corrected chi connectivity index (χ4v) is 8.57. The van der Waals surface area contributed by atoms with Gasteiger partial charge in [0.15, 0.2) is 13.3 Å². The van der Waals surface area contributed by atoms with Crippen molar-refractivity contribution >= 4 is 37.6 Å². The summed E-state index contributed by atoms with van der Waals surface area (Å²) in [7, 11) is -2.17. The van der Waals surface area contributed by atoms with E-state index in [0.29, 0.717) is 0 Å². The predicted octanol–water partition coefficient (Wildman–Crippen LogP) is 8.08. The van der Waals surface area contributed by atoms with Crippen LogP contribution in [-0.2, 0) is 48.0 Å². The number of aldehydes is 2. The summed E-state index contributed by atoms with van der Waals surface area (Å²) in [6.45, 7) is 6.60. The van der Waals surface area contributed by atoms with Crippen LogP contribution in [0.15, 0.2) is 0 Å². The van der Waals surface area contributed by atoms with Crippen molar-refractivity contribution in [2.45, 2.75) is 143 Å². The molecule has 0 saturated carbocycles. The molecule has 0 atom stereocenters. The van der Waals surface area contributed by atoms with E-state index in [1.54, 1.807) is 0 Å². The molecule has 0 spiro atoms. The van der Waals surface area contributed by atoms with E-state index < -0.39 is 37.4 Å². The Labute approximate surface area is 252 Å². The Morgan fingerprint density at radius 1 is 0.590 bits per heavy atom. The molecule has 1 radical (unpaired) electrons. The van der Waals surface area contributed by atoms with Crippen molar-refractivity contribution in [3.63, 3.8) is 0 Å². The number of hydrogen-bond acceptors (Lipinski definition) is 6. The molecule has 0 aliphatic rings. The molecule has 0 rings (SSSR count). The molecule has 0 N–H and O–H groups in total. The maximum atomic E-state index is 12.9. The number of hydrogen-bond donors (Lipinski definition) is 0. The van der Waals surface area contributed by atoms with E-state index in [2.05, 4.69) is 20.8 Å². The van der Waals surface area contributed by atoms with Crippen LogP contribution in [0.1, 0.15) is 143 Å². The molecule has 0 heterocycles. The Hall–Kier alpha value is -0.797. The molecule has 229 valence electrons. The molecule has 6 nitrogen and oxygen atoms in total. The number of unbranched alkanes of at least 4 members (excludes halogenated alkanes) is 15. The van der Waals surface area contributed by atoms with Gasteiger partial charge in [-0.25, -0.2) is 4.79 Å². The van der Waals surface area contributed by atoms with Crippen LogP contribution in [0.25, 0.3) is 0 Å². The first-order valence-electron chi connectivity index (χ1n) is 15.5. The monoisotopic (exact) mass is 658 g/mol. The number of carbonyl (C=O) groups is 5. The Bertz CT molecular complexity index is 621. The van der Waals surface area contributed by atoms with E-state index in [9.17, 15) is 24.0 Å². The molecule has 0 saturated heterocycles. The van der Waals surface area contributed by atoms with Crippen molar-refractivity contribution in [2.24, 2.45) is 5.92 Å². The van der Waals surface area contributed by atoms with Gasteiger partial charge in [0.05, 0.1) is 24.9 Å². The van der Waals surface area contributed by atoms with E-state index >= 15 is 0 Å². The summed E-state index contributed by atoms with van der Waals surface area (Å²) in [5, 5.41) is 0. The zero-order valence-corrected chi connectivity index (χ0v) is 27.6. The molecule has 0 bridgehead atoms. The summed E-state index contributed by atoms with van der Waals surface area (Å²) in [6, 6.07) is 0. The number of Topliss-reactive ketones (excluding diaryl/α,β-unsaturated/α-hetero) is 2. The van der Waals surface area contributed by atoms with Gasteiger partial charge in [-0.15, -0.1) is 0 Å². The maximum Gasteiger partial charge on any atom is 0.416 e. The molecule has 39 heavy (non-hydrogen) atoms. The van der Waals surface area contributed by atoms with E-state index in [-0.39, 0.29) is 32.1 Å². The molecule has 8 heteroatoms.